The molecule has 3 nitrogen and oxygen atoms in total. The zero-order valence-corrected chi connectivity index (χ0v) is 12.2. The molecule has 0 radical (unpaired) electrons. The van der Waals surface area contributed by atoms with Gasteiger partial charge in [-0.15, -0.1) is 0 Å². The molecule has 0 saturated carbocycles. The fourth-order valence-electron chi connectivity index (χ4n) is 1.55. The maximum Gasteiger partial charge on any atom is 0.337 e. The molecule has 1 aromatic rings. The summed E-state index contributed by atoms with van der Waals surface area (Å²) in [6, 6.07) is 7.02. The number of carbonyl (C=O) groups excluding carboxylic acids is 1. The van der Waals surface area contributed by atoms with E-state index in [0.717, 1.165) is 24.1 Å². The zero-order chi connectivity index (χ0) is 13.2. The van der Waals surface area contributed by atoms with Crippen molar-refractivity contribution in [3.05, 3.63) is 29.8 Å². The second kappa shape index (κ2) is 8.97. The minimum Gasteiger partial charge on any atom is -0.494 e. The molecule has 0 heterocycles. The van der Waals surface area contributed by atoms with E-state index in [2.05, 4.69) is 20.7 Å². The smallest absolute Gasteiger partial charge is 0.337 e. The van der Waals surface area contributed by atoms with E-state index in [1.807, 2.05) is 0 Å². The average molecular weight is 315 g/mol. The Morgan fingerprint density at radius 2 is 1.78 bits per heavy atom. The van der Waals surface area contributed by atoms with Crippen LogP contribution in [0.4, 0.5) is 0 Å². The third-order valence-corrected chi connectivity index (χ3v) is 3.13. The first kappa shape index (κ1) is 15.0. The minimum atomic E-state index is -0.323. The molecule has 1 aromatic carbocycles. The van der Waals surface area contributed by atoms with Crippen molar-refractivity contribution < 1.29 is 14.3 Å². The molecule has 0 amide bonds. The van der Waals surface area contributed by atoms with Crippen LogP contribution >= 0.6 is 15.9 Å². The average Bonchev–Trinajstić information content (AvgIpc) is 2.42. The first-order chi connectivity index (χ1) is 8.77. The van der Waals surface area contributed by atoms with Crippen LogP contribution in [-0.2, 0) is 4.74 Å². The maximum atomic E-state index is 11.2. The van der Waals surface area contributed by atoms with E-state index < -0.39 is 0 Å². The van der Waals surface area contributed by atoms with E-state index in [1.54, 1.807) is 24.3 Å². The largest absolute Gasteiger partial charge is 0.494 e. The number of esters is 1. The Hall–Kier alpha value is -1.03. The van der Waals surface area contributed by atoms with Gasteiger partial charge in [-0.2, -0.15) is 0 Å². The molecule has 100 valence electrons. The highest BCUT2D eigenvalue weighted by Crippen LogP contribution is 2.13. The van der Waals surface area contributed by atoms with Crippen LogP contribution in [0.15, 0.2) is 24.3 Å². The Bertz CT molecular complexity index is 349. The highest BCUT2D eigenvalue weighted by atomic mass is 79.9. The summed E-state index contributed by atoms with van der Waals surface area (Å²) < 4.78 is 10.2. The van der Waals surface area contributed by atoms with Crippen molar-refractivity contribution in [1.82, 2.24) is 0 Å². The highest BCUT2D eigenvalue weighted by molar-refractivity contribution is 9.09. The third kappa shape index (κ3) is 5.54. The van der Waals surface area contributed by atoms with E-state index in [9.17, 15) is 4.79 Å². The monoisotopic (exact) mass is 314 g/mol. The number of alkyl halides is 1. The Morgan fingerprint density at radius 1 is 1.11 bits per heavy atom. The van der Waals surface area contributed by atoms with Gasteiger partial charge in [-0.3, -0.25) is 0 Å². The van der Waals surface area contributed by atoms with Gasteiger partial charge in [-0.25, -0.2) is 4.79 Å². The van der Waals surface area contributed by atoms with Crippen molar-refractivity contribution in [3.8, 4) is 5.75 Å². The molecule has 18 heavy (non-hydrogen) atoms. The first-order valence-corrected chi connectivity index (χ1v) is 7.27. The molecule has 1 rings (SSSR count). The van der Waals surface area contributed by atoms with Gasteiger partial charge in [0.2, 0.25) is 0 Å². The van der Waals surface area contributed by atoms with Crippen molar-refractivity contribution in [1.29, 1.82) is 0 Å². The van der Waals surface area contributed by atoms with Crippen molar-refractivity contribution in [2.45, 2.75) is 25.7 Å². The standard InChI is InChI=1S/C14H19BrO3/c1-17-14(16)12-6-8-13(9-7-12)18-11-5-3-2-4-10-15/h6-9H,2-5,10-11H2,1H3. The lowest BCUT2D eigenvalue weighted by atomic mass is 10.2. The van der Waals surface area contributed by atoms with Gasteiger partial charge in [-0.05, 0) is 37.1 Å². The summed E-state index contributed by atoms with van der Waals surface area (Å²) >= 11 is 3.41. The summed E-state index contributed by atoms with van der Waals surface area (Å²) in [6.07, 6.45) is 4.70. The van der Waals surface area contributed by atoms with E-state index in [0.29, 0.717) is 5.56 Å². The Balaban J connectivity index is 2.25. The van der Waals surface area contributed by atoms with Gasteiger partial charge in [0.1, 0.15) is 5.75 Å². The fraction of sp³-hybridized carbons (Fsp3) is 0.500. The number of methoxy groups -OCH3 is 1. The molecule has 0 saturated heterocycles. The lowest BCUT2D eigenvalue weighted by Gasteiger charge is -2.06. The Kier molecular flexibility index (Phi) is 7.49. The van der Waals surface area contributed by atoms with Gasteiger partial charge >= 0.3 is 5.97 Å². The topological polar surface area (TPSA) is 35.5 Å². The normalized spacial score (nSPS) is 10.1. The van der Waals surface area contributed by atoms with E-state index >= 15 is 0 Å². The number of hydrogen-bond donors (Lipinski definition) is 0. The fourth-order valence-corrected chi connectivity index (χ4v) is 1.94. The van der Waals surface area contributed by atoms with Gasteiger partial charge in [-0.1, -0.05) is 28.8 Å². The maximum absolute atomic E-state index is 11.2. The van der Waals surface area contributed by atoms with Crippen LogP contribution in [0.25, 0.3) is 0 Å². The molecule has 0 fully saturated rings. The lowest BCUT2D eigenvalue weighted by Crippen LogP contribution is -2.01. The number of benzene rings is 1. The van der Waals surface area contributed by atoms with Gasteiger partial charge in [0, 0.05) is 5.33 Å². The quantitative estimate of drug-likeness (QED) is 0.416. The molecular weight excluding hydrogens is 296 g/mol. The summed E-state index contributed by atoms with van der Waals surface area (Å²) in [5, 5.41) is 1.07. The second-order valence-electron chi connectivity index (χ2n) is 3.97. The van der Waals surface area contributed by atoms with Gasteiger partial charge in [0.15, 0.2) is 0 Å². The van der Waals surface area contributed by atoms with Gasteiger partial charge < -0.3 is 9.47 Å². The predicted octanol–water partition coefficient (Wildman–Crippen LogP) is 3.81. The lowest BCUT2D eigenvalue weighted by molar-refractivity contribution is 0.0600. The van der Waals surface area contributed by atoms with E-state index in [4.69, 9.17) is 4.74 Å². The predicted molar refractivity (Wildman–Crippen MR) is 75.5 cm³/mol. The Morgan fingerprint density at radius 3 is 2.39 bits per heavy atom. The number of carbonyl (C=O) groups is 1. The molecule has 0 atom stereocenters. The Labute approximate surface area is 117 Å². The van der Waals surface area contributed by atoms with Crippen molar-refractivity contribution in [2.75, 3.05) is 19.0 Å². The van der Waals surface area contributed by atoms with Crippen LogP contribution in [-0.4, -0.2) is 25.0 Å². The number of ether oxygens (including phenoxy) is 2. The molecule has 0 aliphatic carbocycles. The summed E-state index contributed by atoms with van der Waals surface area (Å²) in [5.74, 6) is 0.472. The summed E-state index contributed by atoms with van der Waals surface area (Å²) in [4.78, 5) is 11.2. The second-order valence-corrected chi connectivity index (χ2v) is 4.76. The van der Waals surface area contributed by atoms with Crippen LogP contribution in [0.1, 0.15) is 36.0 Å². The molecular formula is C14H19BrO3. The summed E-state index contributed by atoms with van der Waals surface area (Å²) in [5.41, 5.74) is 0.544. The van der Waals surface area contributed by atoms with Crippen LogP contribution < -0.4 is 4.74 Å². The van der Waals surface area contributed by atoms with E-state index in [-0.39, 0.29) is 5.97 Å². The number of hydrogen-bond acceptors (Lipinski definition) is 3. The molecule has 0 bridgehead atoms. The minimum absolute atomic E-state index is 0.323. The highest BCUT2D eigenvalue weighted by Gasteiger charge is 2.04. The van der Waals surface area contributed by atoms with Crippen molar-refractivity contribution in [2.24, 2.45) is 0 Å². The molecule has 0 aromatic heterocycles. The molecule has 0 spiro atoms. The van der Waals surface area contributed by atoms with Crippen molar-refractivity contribution >= 4 is 21.9 Å². The SMILES string of the molecule is COC(=O)c1ccc(OCCCCCCBr)cc1. The van der Waals surface area contributed by atoms with Crippen LogP contribution in [0.2, 0.25) is 0 Å². The van der Waals surface area contributed by atoms with Crippen LogP contribution in [0.5, 0.6) is 5.75 Å². The molecule has 0 unspecified atom stereocenters. The first-order valence-electron chi connectivity index (χ1n) is 6.15. The molecule has 0 N–H and O–H groups in total. The van der Waals surface area contributed by atoms with Crippen LogP contribution in [0, 0.1) is 0 Å². The van der Waals surface area contributed by atoms with E-state index in [1.165, 1.54) is 26.4 Å². The van der Waals surface area contributed by atoms with Crippen LogP contribution in [0.3, 0.4) is 0 Å². The zero-order valence-electron chi connectivity index (χ0n) is 10.7. The van der Waals surface area contributed by atoms with Gasteiger partial charge in [0.25, 0.3) is 0 Å². The number of rotatable bonds is 8. The summed E-state index contributed by atoms with van der Waals surface area (Å²) in [6.45, 7) is 0.722. The third-order valence-electron chi connectivity index (χ3n) is 2.57. The number of halogens is 1. The van der Waals surface area contributed by atoms with Gasteiger partial charge in [0.05, 0.1) is 19.3 Å². The van der Waals surface area contributed by atoms with Crippen molar-refractivity contribution in [3.63, 3.8) is 0 Å². The molecule has 0 aliphatic rings. The number of unbranched alkanes of at least 4 members (excludes halogenated alkanes) is 3. The molecule has 0 aliphatic heterocycles. The molecule has 4 heteroatoms. The summed E-state index contributed by atoms with van der Waals surface area (Å²) in [7, 11) is 1.37.